The maximum atomic E-state index is 12.3. The SMILES string of the molecule is CCc1ccc(S(=O)(=O)NC(C)CN(C)C)cc1C(=O)O. The molecule has 0 aliphatic heterocycles. The third-order valence-electron chi connectivity index (χ3n) is 3.00. The number of carboxylic acid groups (broad SMARTS) is 1. The van der Waals surface area contributed by atoms with Crippen molar-refractivity contribution in [1.29, 1.82) is 0 Å². The number of nitrogens with zero attached hydrogens (tertiary/aromatic N) is 1. The lowest BCUT2D eigenvalue weighted by atomic mass is 10.1. The first-order valence-electron chi connectivity index (χ1n) is 6.70. The Hall–Kier alpha value is -1.44. The van der Waals surface area contributed by atoms with Gasteiger partial charge in [0.05, 0.1) is 10.5 Å². The number of aromatic carboxylic acids is 1. The Bertz CT molecular complexity index is 611. The Kier molecular flexibility index (Phi) is 5.88. The van der Waals surface area contributed by atoms with Crippen LogP contribution in [0.15, 0.2) is 23.1 Å². The smallest absolute Gasteiger partial charge is 0.336 e. The molecule has 2 N–H and O–H groups in total. The first kappa shape index (κ1) is 17.6. The molecule has 0 heterocycles. The Labute approximate surface area is 125 Å². The highest BCUT2D eigenvalue weighted by molar-refractivity contribution is 7.89. The molecule has 0 amide bonds. The Balaban J connectivity index is 3.09. The Morgan fingerprint density at radius 3 is 2.48 bits per heavy atom. The monoisotopic (exact) mass is 314 g/mol. The summed E-state index contributed by atoms with van der Waals surface area (Å²) in [5, 5.41) is 9.17. The zero-order valence-electron chi connectivity index (χ0n) is 12.8. The molecule has 1 atom stereocenters. The summed E-state index contributed by atoms with van der Waals surface area (Å²) < 4.78 is 27.1. The summed E-state index contributed by atoms with van der Waals surface area (Å²) in [6.45, 7) is 4.14. The van der Waals surface area contributed by atoms with Gasteiger partial charge in [-0.1, -0.05) is 13.0 Å². The molecule has 0 fully saturated rings. The van der Waals surface area contributed by atoms with E-state index in [0.717, 1.165) is 0 Å². The van der Waals surface area contributed by atoms with Crippen LogP contribution in [-0.4, -0.2) is 51.1 Å². The van der Waals surface area contributed by atoms with E-state index in [1.54, 1.807) is 13.0 Å². The molecule has 118 valence electrons. The number of carboxylic acids is 1. The molecule has 0 aliphatic carbocycles. The maximum absolute atomic E-state index is 12.3. The van der Waals surface area contributed by atoms with Crippen LogP contribution in [0.25, 0.3) is 0 Å². The number of aryl methyl sites for hydroxylation is 1. The number of likely N-dealkylation sites (N-methyl/N-ethyl adjacent to an activating group) is 1. The van der Waals surface area contributed by atoms with Crippen molar-refractivity contribution in [2.45, 2.75) is 31.2 Å². The van der Waals surface area contributed by atoms with E-state index in [4.69, 9.17) is 5.11 Å². The molecule has 6 nitrogen and oxygen atoms in total. The van der Waals surface area contributed by atoms with E-state index >= 15 is 0 Å². The molecule has 1 aromatic carbocycles. The van der Waals surface area contributed by atoms with Gasteiger partial charge in [0.25, 0.3) is 0 Å². The average Bonchev–Trinajstić information content (AvgIpc) is 2.35. The zero-order chi connectivity index (χ0) is 16.2. The molecule has 0 aliphatic rings. The van der Waals surface area contributed by atoms with Crippen molar-refractivity contribution in [2.24, 2.45) is 0 Å². The number of rotatable bonds is 7. The molecular weight excluding hydrogens is 292 g/mol. The molecule has 1 aromatic rings. The first-order valence-corrected chi connectivity index (χ1v) is 8.19. The minimum Gasteiger partial charge on any atom is -0.478 e. The van der Waals surface area contributed by atoms with Crippen LogP contribution >= 0.6 is 0 Å². The summed E-state index contributed by atoms with van der Waals surface area (Å²) >= 11 is 0. The van der Waals surface area contributed by atoms with Crippen molar-refractivity contribution in [2.75, 3.05) is 20.6 Å². The van der Waals surface area contributed by atoms with Gasteiger partial charge < -0.3 is 10.0 Å². The third-order valence-corrected chi connectivity index (χ3v) is 4.59. The fourth-order valence-corrected chi connectivity index (χ4v) is 3.41. The second-order valence-corrected chi connectivity index (χ2v) is 6.98. The van der Waals surface area contributed by atoms with Crippen LogP contribution in [0, 0.1) is 0 Å². The molecule has 21 heavy (non-hydrogen) atoms. The minimum absolute atomic E-state index is 0.0253. The van der Waals surface area contributed by atoms with Gasteiger partial charge in [0.1, 0.15) is 0 Å². The molecule has 0 saturated heterocycles. The highest BCUT2D eigenvalue weighted by atomic mass is 32.2. The third kappa shape index (κ3) is 4.80. The van der Waals surface area contributed by atoms with Crippen LogP contribution in [-0.2, 0) is 16.4 Å². The largest absolute Gasteiger partial charge is 0.478 e. The first-order chi connectivity index (χ1) is 9.67. The lowest BCUT2D eigenvalue weighted by Crippen LogP contribution is -2.39. The average molecular weight is 314 g/mol. The zero-order valence-corrected chi connectivity index (χ0v) is 13.6. The molecular formula is C14H22N2O4S. The number of hydrogen-bond acceptors (Lipinski definition) is 4. The van der Waals surface area contributed by atoms with E-state index in [1.807, 2.05) is 25.9 Å². The van der Waals surface area contributed by atoms with Gasteiger partial charge in [-0.05, 0) is 45.1 Å². The Morgan fingerprint density at radius 1 is 1.38 bits per heavy atom. The summed E-state index contributed by atoms with van der Waals surface area (Å²) in [6, 6.07) is 3.93. The maximum Gasteiger partial charge on any atom is 0.336 e. The summed E-state index contributed by atoms with van der Waals surface area (Å²) in [7, 11) is -0.0250. The molecule has 7 heteroatoms. The number of hydrogen-bond donors (Lipinski definition) is 2. The lowest BCUT2D eigenvalue weighted by Gasteiger charge is -2.18. The quantitative estimate of drug-likeness (QED) is 0.789. The van der Waals surface area contributed by atoms with Gasteiger partial charge in [0.2, 0.25) is 10.0 Å². The van der Waals surface area contributed by atoms with E-state index in [0.29, 0.717) is 18.5 Å². The van der Waals surface area contributed by atoms with E-state index < -0.39 is 16.0 Å². The van der Waals surface area contributed by atoms with Crippen molar-refractivity contribution < 1.29 is 18.3 Å². The topological polar surface area (TPSA) is 86.7 Å². The van der Waals surface area contributed by atoms with Crippen LogP contribution in [0.3, 0.4) is 0 Å². The molecule has 1 rings (SSSR count). The van der Waals surface area contributed by atoms with E-state index in [2.05, 4.69) is 4.72 Å². The summed E-state index contributed by atoms with van der Waals surface area (Å²) in [5.41, 5.74) is 0.642. The molecule has 0 spiro atoms. The fourth-order valence-electron chi connectivity index (χ4n) is 2.15. The van der Waals surface area contributed by atoms with Crippen LogP contribution < -0.4 is 4.72 Å². The number of nitrogens with one attached hydrogen (secondary N) is 1. The summed E-state index contributed by atoms with van der Waals surface area (Å²) in [4.78, 5) is 13.1. The van der Waals surface area contributed by atoms with E-state index in [-0.39, 0.29) is 16.5 Å². The van der Waals surface area contributed by atoms with Crippen molar-refractivity contribution in [3.63, 3.8) is 0 Å². The molecule has 1 unspecified atom stereocenters. The van der Waals surface area contributed by atoms with Gasteiger partial charge in [-0.15, -0.1) is 0 Å². The van der Waals surface area contributed by atoms with E-state index in [9.17, 15) is 13.2 Å². The molecule has 0 aromatic heterocycles. The molecule has 0 saturated carbocycles. The second-order valence-electron chi connectivity index (χ2n) is 5.26. The van der Waals surface area contributed by atoms with Crippen molar-refractivity contribution in [3.8, 4) is 0 Å². The highest BCUT2D eigenvalue weighted by Gasteiger charge is 2.20. The number of sulfonamides is 1. The van der Waals surface area contributed by atoms with E-state index in [1.165, 1.54) is 12.1 Å². The Morgan fingerprint density at radius 2 is 2.00 bits per heavy atom. The van der Waals surface area contributed by atoms with Gasteiger partial charge in [0.15, 0.2) is 0 Å². The van der Waals surface area contributed by atoms with Gasteiger partial charge in [0, 0.05) is 12.6 Å². The molecule has 0 radical (unpaired) electrons. The normalized spacial score (nSPS) is 13.4. The number of benzene rings is 1. The second kappa shape index (κ2) is 7.02. The predicted octanol–water partition coefficient (Wildman–Crippen LogP) is 1.18. The predicted molar refractivity (Wildman–Crippen MR) is 81.1 cm³/mol. The standard InChI is InChI=1S/C14H22N2O4S/c1-5-11-6-7-12(8-13(11)14(17)18)21(19,20)15-10(2)9-16(3)4/h6-8,10,15H,5,9H2,1-4H3,(H,17,18). The van der Waals surface area contributed by atoms with Gasteiger partial charge >= 0.3 is 5.97 Å². The van der Waals surface area contributed by atoms with Crippen molar-refractivity contribution in [3.05, 3.63) is 29.3 Å². The fraction of sp³-hybridized carbons (Fsp3) is 0.500. The van der Waals surface area contributed by atoms with Gasteiger partial charge in [-0.3, -0.25) is 0 Å². The van der Waals surface area contributed by atoms with Crippen LogP contribution in [0.4, 0.5) is 0 Å². The summed E-state index contributed by atoms with van der Waals surface area (Å²) in [6.07, 6.45) is 0.534. The van der Waals surface area contributed by atoms with Crippen molar-refractivity contribution >= 4 is 16.0 Å². The highest BCUT2D eigenvalue weighted by Crippen LogP contribution is 2.17. The van der Waals surface area contributed by atoms with Crippen molar-refractivity contribution in [1.82, 2.24) is 9.62 Å². The minimum atomic E-state index is -3.73. The lowest BCUT2D eigenvalue weighted by molar-refractivity contribution is 0.0695. The number of carbonyl (C=O) groups is 1. The van der Waals surface area contributed by atoms with Crippen LogP contribution in [0.2, 0.25) is 0 Å². The summed E-state index contributed by atoms with van der Waals surface area (Å²) in [5.74, 6) is -1.12. The van der Waals surface area contributed by atoms with Crippen LogP contribution in [0.5, 0.6) is 0 Å². The molecule has 0 bridgehead atoms. The van der Waals surface area contributed by atoms with Gasteiger partial charge in [-0.25, -0.2) is 17.9 Å². The van der Waals surface area contributed by atoms with Crippen LogP contribution in [0.1, 0.15) is 29.8 Å². The van der Waals surface area contributed by atoms with Gasteiger partial charge in [-0.2, -0.15) is 0 Å².